The lowest BCUT2D eigenvalue weighted by molar-refractivity contribution is -0.121. The fourth-order valence-electron chi connectivity index (χ4n) is 1.18. The lowest BCUT2D eigenvalue weighted by atomic mass is 10.2. The number of aryl methyl sites for hydroxylation is 1. The van der Waals surface area contributed by atoms with Gasteiger partial charge >= 0.3 is 0 Å². The molecule has 0 aromatic carbocycles. The quantitative estimate of drug-likeness (QED) is 0.664. The molecule has 0 spiro atoms. The first-order valence-electron chi connectivity index (χ1n) is 5.01. The highest BCUT2D eigenvalue weighted by atomic mass is 16.1. The van der Waals surface area contributed by atoms with Gasteiger partial charge in [0.1, 0.15) is 12.2 Å². The molecule has 15 heavy (non-hydrogen) atoms. The van der Waals surface area contributed by atoms with Crippen molar-refractivity contribution >= 4 is 5.91 Å². The Morgan fingerprint density at radius 2 is 2.47 bits per heavy atom. The van der Waals surface area contributed by atoms with Gasteiger partial charge in [-0.25, -0.2) is 0 Å². The van der Waals surface area contributed by atoms with E-state index in [4.69, 9.17) is 5.73 Å². The molecule has 1 unspecified atom stereocenters. The van der Waals surface area contributed by atoms with Gasteiger partial charge in [-0.2, -0.15) is 0 Å². The molecule has 0 radical (unpaired) electrons. The highest BCUT2D eigenvalue weighted by molar-refractivity contribution is 5.76. The van der Waals surface area contributed by atoms with Crippen LogP contribution in [0, 0.1) is 5.92 Å². The zero-order chi connectivity index (χ0) is 11.3. The summed E-state index contributed by atoms with van der Waals surface area (Å²) in [6.45, 7) is 5.82. The smallest absolute Gasteiger partial charge is 0.221 e. The number of aromatic nitrogens is 3. The second kappa shape index (κ2) is 5.45. The van der Waals surface area contributed by atoms with Crippen molar-refractivity contribution in [1.82, 2.24) is 20.1 Å². The highest BCUT2D eigenvalue weighted by Gasteiger charge is 2.08. The zero-order valence-electron chi connectivity index (χ0n) is 9.10. The summed E-state index contributed by atoms with van der Waals surface area (Å²) in [5.74, 6) is 0.414. The van der Waals surface area contributed by atoms with Crippen molar-refractivity contribution < 1.29 is 4.79 Å². The van der Waals surface area contributed by atoms with Gasteiger partial charge in [0.15, 0.2) is 0 Å². The van der Waals surface area contributed by atoms with Crippen LogP contribution in [-0.4, -0.2) is 27.2 Å². The van der Waals surface area contributed by atoms with Crippen molar-refractivity contribution in [1.29, 1.82) is 0 Å². The molecule has 0 aliphatic carbocycles. The third-order valence-electron chi connectivity index (χ3n) is 2.26. The Bertz CT molecular complexity index is 322. The topological polar surface area (TPSA) is 85.8 Å². The van der Waals surface area contributed by atoms with Crippen molar-refractivity contribution in [3.8, 4) is 0 Å². The monoisotopic (exact) mass is 211 g/mol. The molecule has 1 heterocycles. The van der Waals surface area contributed by atoms with E-state index in [-0.39, 0.29) is 11.8 Å². The molecule has 0 saturated heterocycles. The molecule has 0 aliphatic heterocycles. The number of rotatable bonds is 6. The van der Waals surface area contributed by atoms with Gasteiger partial charge in [-0.1, -0.05) is 6.92 Å². The second-order valence-electron chi connectivity index (χ2n) is 3.47. The Balaban J connectivity index is 2.34. The summed E-state index contributed by atoms with van der Waals surface area (Å²) in [4.78, 5) is 10.8. The molecule has 0 fully saturated rings. The molecule has 0 aliphatic rings. The molecular weight excluding hydrogens is 194 g/mol. The van der Waals surface area contributed by atoms with Crippen molar-refractivity contribution in [3.63, 3.8) is 0 Å². The average molecular weight is 211 g/mol. The standard InChI is InChI=1S/C9H17N5O/c1-3-14-6-12-13-8(14)5-11-4-7(2)9(10)15/h6-7,11H,3-5H2,1-2H3,(H2,10,15). The Hall–Kier alpha value is -1.43. The van der Waals surface area contributed by atoms with Crippen LogP contribution in [0.1, 0.15) is 19.7 Å². The molecule has 0 saturated carbocycles. The van der Waals surface area contributed by atoms with E-state index in [1.54, 1.807) is 13.3 Å². The number of hydrogen-bond donors (Lipinski definition) is 2. The van der Waals surface area contributed by atoms with Crippen LogP contribution in [0.3, 0.4) is 0 Å². The predicted octanol–water partition coefficient (Wildman–Crippen LogP) is -0.491. The Labute approximate surface area is 88.9 Å². The number of hydrogen-bond acceptors (Lipinski definition) is 4. The predicted molar refractivity (Wildman–Crippen MR) is 55.8 cm³/mol. The number of nitrogens with one attached hydrogen (secondary N) is 1. The molecule has 3 N–H and O–H groups in total. The normalized spacial score (nSPS) is 12.7. The molecule has 1 aromatic heterocycles. The highest BCUT2D eigenvalue weighted by Crippen LogP contribution is 1.95. The van der Waals surface area contributed by atoms with Gasteiger partial charge < -0.3 is 15.6 Å². The lowest BCUT2D eigenvalue weighted by Crippen LogP contribution is -2.31. The molecule has 1 rings (SSSR count). The molecular formula is C9H17N5O. The van der Waals surface area contributed by atoms with Gasteiger partial charge in [-0.3, -0.25) is 4.79 Å². The fraction of sp³-hybridized carbons (Fsp3) is 0.667. The summed E-state index contributed by atoms with van der Waals surface area (Å²) in [5, 5.41) is 10.9. The third-order valence-corrected chi connectivity index (χ3v) is 2.26. The minimum atomic E-state index is -0.292. The molecule has 84 valence electrons. The van der Waals surface area contributed by atoms with Crippen molar-refractivity contribution in [3.05, 3.63) is 12.2 Å². The van der Waals surface area contributed by atoms with Gasteiger partial charge in [-0.15, -0.1) is 10.2 Å². The van der Waals surface area contributed by atoms with Gasteiger partial charge in [0, 0.05) is 19.0 Å². The number of nitrogens with two attached hydrogens (primary N) is 1. The SMILES string of the molecule is CCn1cnnc1CNCC(C)C(N)=O. The molecule has 6 heteroatoms. The van der Waals surface area contributed by atoms with Crippen LogP contribution in [-0.2, 0) is 17.9 Å². The third kappa shape index (κ3) is 3.32. The van der Waals surface area contributed by atoms with E-state index in [0.717, 1.165) is 12.4 Å². The maximum atomic E-state index is 10.8. The Morgan fingerprint density at radius 1 is 1.73 bits per heavy atom. The van der Waals surface area contributed by atoms with E-state index < -0.39 is 0 Å². The van der Waals surface area contributed by atoms with E-state index in [0.29, 0.717) is 13.1 Å². The van der Waals surface area contributed by atoms with Crippen LogP contribution in [0.4, 0.5) is 0 Å². The number of nitrogens with zero attached hydrogens (tertiary/aromatic N) is 3. The fourth-order valence-corrected chi connectivity index (χ4v) is 1.18. The first kappa shape index (κ1) is 11.6. The van der Waals surface area contributed by atoms with Crippen LogP contribution in [0.25, 0.3) is 0 Å². The van der Waals surface area contributed by atoms with Crippen LogP contribution in [0.15, 0.2) is 6.33 Å². The van der Waals surface area contributed by atoms with E-state index in [1.807, 2.05) is 11.5 Å². The first-order valence-corrected chi connectivity index (χ1v) is 5.01. The van der Waals surface area contributed by atoms with Gasteiger partial charge in [0.25, 0.3) is 0 Å². The number of carbonyl (C=O) groups is 1. The summed E-state index contributed by atoms with van der Waals surface area (Å²) >= 11 is 0. The van der Waals surface area contributed by atoms with E-state index in [9.17, 15) is 4.79 Å². The number of primary amides is 1. The zero-order valence-corrected chi connectivity index (χ0v) is 9.10. The van der Waals surface area contributed by atoms with Crippen LogP contribution in [0.5, 0.6) is 0 Å². The molecule has 6 nitrogen and oxygen atoms in total. The largest absolute Gasteiger partial charge is 0.369 e. The molecule has 1 amide bonds. The second-order valence-corrected chi connectivity index (χ2v) is 3.47. The minimum absolute atomic E-state index is 0.164. The number of amides is 1. The maximum absolute atomic E-state index is 10.8. The maximum Gasteiger partial charge on any atom is 0.221 e. The van der Waals surface area contributed by atoms with Gasteiger partial charge in [-0.05, 0) is 6.92 Å². The first-order chi connectivity index (χ1) is 7.15. The number of carbonyl (C=O) groups excluding carboxylic acids is 1. The summed E-state index contributed by atoms with van der Waals surface area (Å²) in [6.07, 6.45) is 1.69. The van der Waals surface area contributed by atoms with E-state index >= 15 is 0 Å². The van der Waals surface area contributed by atoms with E-state index in [1.165, 1.54) is 0 Å². The summed E-state index contributed by atoms with van der Waals surface area (Å²) in [7, 11) is 0. The van der Waals surface area contributed by atoms with Crippen molar-refractivity contribution in [2.75, 3.05) is 6.54 Å². The van der Waals surface area contributed by atoms with Gasteiger partial charge in [0.05, 0.1) is 6.54 Å². The van der Waals surface area contributed by atoms with Crippen LogP contribution in [0.2, 0.25) is 0 Å². The Morgan fingerprint density at radius 3 is 3.07 bits per heavy atom. The van der Waals surface area contributed by atoms with E-state index in [2.05, 4.69) is 15.5 Å². The molecule has 1 atom stereocenters. The summed E-state index contributed by atoms with van der Waals surface area (Å²) < 4.78 is 1.95. The molecule has 0 bridgehead atoms. The van der Waals surface area contributed by atoms with Crippen LogP contribution < -0.4 is 11.1 Å². The van der Waals surface area contributed by atoms with Gasteiger partial charge in [0.2, 0.25) is 5.91 Å². The summed E-state index contributed by atoms with van der Waals surface area (Å²) in [5.41, 5.74) is 5.14. The van der Waals surface area contributed by atoms with Crippen molar-refractivity contribution in [2.45, 2.75) is 26.9 Å². The average Bonchev–Trinajstić information content (AvgIpc) is 2.65. The summed E-state index contributed by atoms with van der Waals surface area (Å²) in [6, 6.07) is 0. The van der Waals surface area contributed by atoms with Crippen molar-refractivity contribution in [2.24, 2.45) is 11.7 Å². The minimum Gasteiger partial charge on any atom is -0.369 e. The lowest BCUT2D eigenvalue weighted by Gasteiger charge is -2.08. The molecule has 1 aromatic rings. The Kier molecular flexibility index (Phi) is 4.23. The van der Waals surface area contributed by atoms with Crippen LogP contribution >= 0.6 is 0 Å².